The molecular weight excluding hydrogens is 350 g/mol. The van der Waals surface area contributed by atoms with Crippen molar-refractivity contribution in [2.75, 3.05) is 0 Å². The number of fused-ring (bicyclic) bond motifs is 1. The Hall–Kier alpha value is -3.61. The summed E-state index contributed by atoms with van der Waals surface area (Å²) in [5.74, 6) is -1.85. The number of rotatable bonds is 5. The molecule has 138 valence electrons. The van der Waals surface area contributed by atoms with Crippen LogP contribution >= 0.6 is 0 Å². The molecule has 1 amide bonds. The first-order chi connectivity index (χ1) is 12.9. The molecule has 7 nitrogen and oxygen atoms in total. The molecule has 0 saturated heterocycles. The van der Waals surface area contributed by atoms with E-state index in [9.17, 15) is 24.6 Å². The number of nitrogens with one attached hydrogen (secondary N) is 1. The molecule has 0 aliphatic carbocycles. The van der Waals surface area contributed by atoms with E-state index in [0.29, 0.717) is 16.5 Å². The number of hydrogen-bond donors (Lipinski definition) is 3. The summed E-state index contributed by atoms with van der Waals surface area (Å²) in [4.78, 5) is 36.2. The van der Waals surface area contributed by atoms with Gasteiger partial charge in [0.2, 0.25) is 5.91 Å². The zero-order valence-corrected chi connectivity index (χ0v) is 14.4. The van der Waals surface area contributed by atoms with E-state index in [1.807, 2.05) is 0 Å². The normalized spacial score (nSPS) is 11.9. The van der Waals surface area contributed by atoms with Crippen molar-refractivity contribution < 1.29 is 24.2 Å². The molecule has 0 radical (unpaired) electrons. The van der Waals surface area contributed by atoms with Crippen LogP contribution in [0.3, 0.4) is 0 Å². The predicted molar refractivity (Wildman–Crippen MR) is 97.6 cm³/mol. The lowest BCUT2D eigenvalue weighted by atomic mass is 10.0. The van der Waals surface area contributed by atoms with Crippen LogP contribution in [0.4, 0.5) is 0 Å². The Morgan fingerprint density at radius 1 is 1.15 bits per heavy atom. The van der Waals surface area contributed by atoms with Gasteiger partial charge in [0.25, 0.3) is 0 Å². The minimum atomic E-state index is -1.22. The van der Waals surface area contributed by atoms with E-state index in [4.69, 9.17) is 4.42 Å². The molecule has 3 aromatic rings. The molecule has 0 spiro atoms. The highest BCUT2D eigenvalue weighted by Gasteiger charge is 2.23. The Kier molecular flexibility index (Phi) is 4.94. The molecule has 3 rings (SSSR count). The van der Waals surface area contributed by atoms with Gasteiger partial charge in [0.15, 0.2) is 6.04 Å². The Balaban J connectivity index is 1.88. The number of carboxylic acid groups (broad SMARTS) is 1. The van der Waals surface area contributed by atoms with Gasteiger partial charge in [-0.25, -0.2) is 9.59 Å². The first-order valence-electron chi connectivity index (χ1n) is 8.19. The van der Waals surface area contributed by atoms with Crippen molar-refractivity contribution in [1.82, 2.24) is 5.32 Å². The van der Waals surface area contributed by atoms with Crippen LogP contribution in [0.25, 0.3) is 11.0 Å². The number of aryl methyl sites for hydroxylation is 1. The number of carbonyl (C=O) groups excluding carboxylic acids is 1. The number of aliphatic carboxylic acids is 1. The molecule has 1 heterocycles. The van der Waals surface area contributed by atoms with Crippen molar-refractivity contribution in [2.24, 2.45) is 0 Å². The largest absolute Gasteiger partial charge is 0.508 e. The maximum atomic E-state index is 12.4. The van der Waals surface area contributed by atoms with Gasteiger partial charge in [-0.3, -0.25) is 4.79 Å². The number of carbonyl (C=O) groups is 2. The number of benzene rings is 2. The lowest BCUT2D eigenvalue weighted by Gasteiger charge is -2.15. The number of amides is 1. The molecule has 0 unspecified atom stereocenters. The standard InChI is InChI=1S/C20H17NO6/c1-11-14-8-7-13(22)9-16(14)27-20(26)15(11)10-17(23)21-18(19(24)25)12-5-3-2-4-6-12/h2-9,18,22H,10H2,1H3,(H,21,23)(H,24,25)/t18-/m0/s1. The van der Waals surface area contributed by atoms with Gasteiger partial charge >= 0.3 is 11.6 Å². The van der Waals surface area contributed by atoms with Crippen LogP contribution in [0.2, 0.25) is 0 Å². The van der Waals surface area contributed by atoms with Gasteiger partial charge in [-0.2, -0.15) is 0 Å². The SMILES string of the molecule is Cc1c(CC(=O)N[C@H](C(=O)O)c2ccccc2)c(=O)oc2cc(O)ccc12. The maximum absolute atomic E-state index is 12.4. The lowest BCUT2D eigenvalue weighted by molar-refractivity contribution is -0.142. The first-order valence-corrected chi connectivity index (χ1v) is 8.19. The molecule has 1 aromatic heterocycles. The second kappa shape index (κ2) is 7.33. The number of aromatic hydroxyl groups is 1. The van der Waals surface area contributed by atoms with E-state index in [1.165, 1.54) is 12.1 Å². The third-order valence-corrected chi connectivity index (χ3v) is 4.29. The fourth-order valence-electron chi connectivity index (χ4n) is 2.89. The van der Waals surface area contributed by atoms with E-state index in [-0.39, 0.29) is 23.3 Å². The van der Waals surface area contributed by atoms with E-state index in [2.05, 4.69) is 5.32 Å². The number of phenolic OH excluding ortho intramolecular Hbond substituents is 1. The molecule has 0 fully saturated rings. The fraction of sp³-hybridized carbons (Fsp3) is 0.150. The van der Waals surface area contributed by atoms with E-state index in [0.717, 1.165) is 0 Å². The molecule has 2 aromatic carbocycles. The molecule has 0 aliphatic heterocycles. The monoisotopic (exact) mass is 367 g/mol. The molecule has 0 aliphatic rings. The molecule has 0 saturated carbocycles. The Morgan fingerprint density at radius 3 is 2.52 bits per heavy atom. The molecular formula is C20H17NO6. The summed E-state index contributed by atoms with van der Waals surface area (Å²) in [5.41, 5.74) is 0.628. The van der Waals surface area contributed by atoms with Crippen molar-refractivity contribution in [3.63, 3.8) is 0 Å². The third-order valence-electron chi connectivity index (χ3n) is 4.29. The second-order valence-electron chi connectivity index (χ2n) is 6.10. The summed E-state index contributed by atoms with van der Waals surface area (Å²) >= 11 is 0. The summed E-state index contributed by atoms with van der Waals surface area (Å²) in [6.07, 6.45) is -0.318. The Bertz CT molecular complexity index is 1070. The van der Waals surface area contributed by atoms with Crippen LogP contribution in [-0.4, -0.2) is 22.1 Å². The third kappa shape index (κ3) is 3.82. The number of hydrogen-bond acceptors (Lipinski definition) is 5. The van der Waals surface area contributed by atoms with Gasteiger partial charge in [-0.1, -0.05) is 30.3 Å². The van der Waals surface area contributed by atoms with Crippen molar-refractivity contribution in [1.29, 1.82) is 0 Å². The van der Waals surface area contributed by atoms with E-state index in [1.54, 1.807) is 43.3 Å². The van der Waals surface area contributed by atoms with Gasteiger partial charge < -0.3 is 19.9 Å². The minimum Gasteiger partial charge on any atom is -0.508 e. The van der Waals surface area contributed by atoms with Gasteiger partial charge in [-0.05, 0) is 30.2 Å². The summed E-state index contributed by atoms with van der Waals surface area (Å²) in [6.45, 7) is 1.67. The molecule has 1 atom stereocenters. The lowest BCUT2D eigenvalue weighted by Crippen LogP contribution is -2.35. The first kappa shape index (κ1) is 18.2. The zero-order valence-electron chi connectivity index (χ0n) is 14.4. The molecule has 7 heteroatoms. The summed E-state index contributed by atoms with van der Waals surface area (Å²) in [5, 5.41) is 21.9. The average Bonchev–Trinajstić information content (AvgIpc) is 2.63. The Labute approximate surface area is 153 Å². The summed E-state index contributed by atoms with van der Waals surface area (Å²) in [6, 6.07) is 11.4. The predicted octanol–water partition coefficient (Wildman–Crippen LogP) is 2.29. The Morgan fingerprint density at radius 2 is 1.85 bits per heavy atom. The van der Waals surface area contributed by atoms with Gasteiger partial charge in [0, 0.05) is 11.5 Å². The van der Waals surface area contributed by atoms with Crippen LogP contribution in [0.15, 0.2) is 57.7 Å². The van der Waals surface area contributed by atoms with E-state index >= 15 is 0 Å². The molecule has 27 heavy (non-hydrogen) atoms. The summed E-state index contributed by atoms with van der Waals surface area (Å²) in [7, 11) is 0. The summed E-state index contributed by atoms with van der Waals surface area (Å²) < 4.78 is 5.18. The highest BCUT2D eigenvalue weighted by Crippen LogP contribution is 2.23. The minimum absolute atomic E-state index is 0.0392. The van der Waals surface area contributed by atoms with E-state index < -0.39 is 23.5 Å². The molecule has 0 bridgehead atoms. The van der Waals surface area contributed by atoms with Crippen LogP contribution in [-0.2, 0) is 16.0 Å². The van der Waals surface area contributed by atoms with Crippen molar-refractivity contribution in [3.8, 4) is 5.75 Å². The molecule has 3 N–H and O–H groups in total. The highest BCUT2D eigenvalue weighted by atomic mass is 16.4. The van der Waals surface area contributed by atoms with Crippen molar-refractivity contribution in [2.45, 2.75) is 19.4 Å². The zero-order chi connectivity index (χ0) is 19.6. The van der Waals surface area contributed by atoms with Gasteiger partial charge in [0.1, 0.15) is 11.3 Å². The second-order valence-corrected chi connectivity index (χ2v) is 6.10. The number of phenols is 1. The fourth-order valence-corrected chi connectivity index (χ4v) is 2.89. The van der Waals surface area contributed by atoms with Crippen LogP contribution in [0, 0.1) is 6.92 Å². The number of carboxylic acids is 1. The van der Waals surface area contributed by atoms with Crippen LogP contribution < -0.4 is 10.9 Å². The quantitative estimate of drug-likeness (QED) is 0.596. The van der Waals surface area contributed by atoms with Crippen molar-refractivity contribution >= 4 is 22.8 Å². The van der Waals surface area contributed by atoms with Gasteiger partial charge in [0.05, 0.1) is 12.0 Å². The van der Waals surface area contributed by atoms with Gasteiger partial charge in [-0.15, -0.1) is 0 Å². The average molecular weight is 367 g/mol. The maximum Gasteiger partial charge on any atom is 0.340 e. The highest BCUT2D eigenvalue weighted by molar-refractivity contribution is 5.88. The smallest absolute Gasteiger partial charge is 0.340 e. The van der Waals surface area contributed by atoms with Crippen LogP contribution in [0.1, 0.15) is 22.7 Å². The van der Waals surface area contributed by atoms with Crippen LogP contribution in [0.5, 0.6) is 5.75 Å². The van der Waals surface area contributed by atoms with Crippen molar-refractivity contribution in [3.05, 3.63) is 75.6 Å². The topological polar surface area (TPSA) is 117 Å².